The predicted octanol–water partition coefficient (Wildman–Crippen LogP) is 1.65. The molecule has 4 rings (SSSR count). The predicted molar refractivity (Wildman–Crippen MR) is 105 cm³/mol. The lowest BCUT2D eigenvalue weighted by Crippen LogP contribution is -2.47. The van der Waals surface area contributed by atoms with Crippen molar-refractivity contribution in [3.63, 3.8) is 0 Å². The van der Waals surface area contributed by atoms with Gasteiger partial charge in [0.05, 0.1) is 17.3 Å². The van der Waals surface area contributed by atoms with Crippen molar-refractivity contribution >= 4 is 28.4 Å². The lowest BCUT2D eigenvalue weighted by atomic mass is 10.2. The Morgan fingerprint density at radius 2 is 1.96 bits per heavy atom. The standard InChI is InChI=1S/C19H22FN7O/c1-25-18-14(12-23-25)19(22-13-21-18)27-10-8-26(9-11-27)7-6-17(28)24-16-5-3-2-4-15(16)20/h2-5,12-13H,6-11H2,1H3,(H,24,28). The number of nitrogens with one attached hydrogen (secondary N) is 1. The number of amides is 1. The van der Waals surface area contributed by atoms with E-state index in [-0.39, 0.29) is 11.6 Å². The van der Waals surface area contributed by atoms with Gasteiger partial charge in [-0.25, -0.2) is 14.4 Å². The van der Waals surface area contributed by atoms with E-state index in [2.05, 4.69) is 30.2 Å². The Labute approximate surface area is 162 Å². The normalized spacial score (nSPS) is 15.1. The molecule has 0 spiro atoms. The average molecular weight is 383 g/mol. The molecule has 0 unspecified atom stereocenters. The maximum atomic E-state index is 13.6. The van der Waals surface area contributed by atoms with E-state index >= 15 is 0 Å². The Kier molecular flexibility index (Phi) is 5.16. The summed E-state index contributed by atoms with van der Waals surface area (Å²) in [5.41, 5.74) is 1.04. The molecular formula is C19H22FN7O. The lowest BCUT2D eigenvalue weighted by molar-refractivity contribution is -0.116. The number of para-hydroxylation sites is 1. The third-order valence-corrected chi connectivity index (χ3v) is 4.98. The number of rotatable bonds is 5. The first-order chi connectivity index (χ1) is 13.6. The van der Waals surface area contributed by atoms with Crippen LogP contribution in [0.5, 0.6) is 0 Å². The summed E-state index contributed by atoms with van der Waals surface area (Å²) < 4.78 is 15.4. The van der Waals surface area contributed by atoms with Crippen LogP contribution in [0, 0.1) is 5.82 Å². The molecule has 0 aliphatic carbocycles. The van der Waals surface area contributed by atoms with Gasteiger partial charge in [-0.05, 0) is 12.1 Å². The number of aromatic nitrogens is 4. The van der Waals surface area contributed by atoms with Gasteiger partial charge < -0.3 is 10.2 Å². The van der Waals surface area contributed by atoms with Crippen LogP contribution in [0.15, 0.2) is 36.8 Å². The molecule has 1 aromatic carbocycles. The zero-order valence-corrected chi connectivity index (χ0v) is 15.7. The second kappa shape index (κ2) is 7.89. The fraction of sp³-hybridized carbons (Fsp3) is 0.368. The summed E-state index contributed by atoms with van der Waals surface area (Å²) >= 11 is 0. The maximum Gasteiger partial charge on any atom is 0.225 e. The van der Waals surface area contributed by atoms with E-state index in [1.807, 2.05) is 7.05 Å². The van der Waals surface area contributed by atoms with Crippen molar-refractivity contribution in [1.29, 1.82) is 0 Å². The molecule has 9 heteroatoms. The highest BCUT2D eigenvalue weighted by Crippen LogP contribution is 2.23. The minimum atomic E-state index is -0.420. The molecule has 3 aromatic rings. The van der Waals surface area contributed by atoms with Gasteiger partial charge in [0, 0.05) is 46.2 Å². The number of anilines is 2. The first-order valence-corrected chi connectivity index (χ1v) is 9.26. The van der Waals surface area contributed by atoms with Crippen molar-refractivity contribution in [3.05, 3.63) is 42.6 Å². The van der Waals surface area contributed by atoms with Crippen LogP contribution >= 0.6 is 0 Å². The molecule has 0 saturated carbocycles. The number of nitrogens with zero attached hydrogens (tertiary/aromatic N) is 6. The van der Waals surface area contributed by atoms with Crippen LogP contribution in [0.4, 0.5) is 15.9 Å². The number of piperazine rings is 1. The van der Waals surface area contributed by atoms with Gasteiger partial charge >= 0.3 is 0 Å². The van der Waals surface area contributed by atoms with Gasteiger partial charge in [0.25, 0.3) is 0 Å². The van der Waals surface area contributed by atoms with Gasteiger partial charge in [0.1, 0.15) is 18.0 Å². The van der Waals surface area contributed by atoms with E-state index in [1.165, 1.54) is 6.07 Å². The van der Waals surface area contributed by atoms with E-state index < -0.39 is 5.82 Å². The minimum Gasteiger partial charge on any atom is -0.353 e. The van der Waals surface area contributed by atoms with Crippen LogP contribution < -0.4 is 10.2 Å². The molecule has 1 aliphatic heterocycles. The summed E-state index contributed by atoms with van der Waals surface area (Å²) in [6.07, 6.45) is 3.69. The summed E-state index contributed by atoms with van der Waals surface area (Å²) in [5, 5.41) is 7.84. The number of carbonyl (C=O) groups excluding carboxylic acids is 1. The molecule has 8 nitrogen and oxygen atoms in total. The molecule has 1 saturated heterocycles. The maximum absolute atomic E-state index is 13.6. The SMILES string of the molecule is Cn1ncc2c(N3CCN(CCC(=O)Nc4ccccc4F)CC3)ncnc21. The topological polar surface area (TPSA) is 79.2 Å². The number of hydrogen-bond acceptors (Lipinski definition) is 6. The van der Waals surface area contributed by atoms with Crippen molar-refractivity contribution in [2.45, 2.75) is 6.42 Å². The van der Waals surface area contributed by atoms with Crippen molar-refractivity contribution < 1.29 is 9.18 Å². The molecule has 2 aromatic heterocycles. The number of halogens is 1. The monoisotopic (exact) mass is 383 g/mol. The van der Waals surface area contributed by atoms with Crippen LogP contribution in [0.2, 0.25) is 0 Å². The summed E-state index contributed by atoms with van der Waals surface area (Å²) in [5.74, 6) is 0.298. The number of hydrogen-bond donors (Lipinski definition) is 1. The zero-order valence-electron chi connectivity index (χ0n) is 15.7. The highest BCUT2D eigenvalue weighted by atomic mass is 19.1. The second-order valence-corrected chi connectivity index (χ2v) is 6.81. The summed E-state index contributed by atoms with van der Waals surface area (Å²) in [4.78, 5) is 25.3. The molecule has 0 bridgehead atoms. The fourth-order valence-electron chi connectivity index (χ4n) is 3.42. The van der Waals surface area contributed by atoms with Gasteiger partial charge in [-0.1, -0.05) is 12.1 Å². The zero-order chi connectivity index (χ0) is 19.5. The van der Waals surface area contributed by atoms with Gasteiger partial charge in [-0.15, -0.1) is 0 Å². The summed E-state index contributed by atoms with van der Waals surface area (Å²) in [7, 11) is 1.86. The van der Waals surface area contributed by atoms with Crippen LogP contribution in [-0.4, -0.2) is 63.3 Å². The molecule has 1 amide bonds. The molecule has 0 atom stereocenters. The van der Waals surface area contributed by atoms with Gasteiger partial charge in [-0.2, -0.15) is 5.10 Å². The Hall–Kier alpha value is -3.07. The molecule has 28 heavy (non-hydrogen) atoms. The van der Waals surface area contributed by atoms with Crippen molar-refractivity contribution in [1.82, 2.24) is 24.6 Å². The van der Waals surface area contributed by atoms with Crippen LogP contribution in [-0.2, 0) is 11.8 Å². The number of aryl methyl sites for hydroxylation is 1. The van der Waals surface area contributed by atoms with E-state index in [4.69, 9.17) is 0 Å². The van der Waals surface area contributed by atoms with Crippen LogP contribution in [0.1, 0.15) is 6.42 Å². The molecule has 0 radical (unpaired) electrons. The van der Waals surface area contributed by atoms with E-state index in [0.717, 1.165) is 43.0 Å². The van der Waals surface area contributed by atoms with Crippen molar-refractivity contribution in [2.24, 2.45) is 7.05 Å². The van der Waals surface area contributed by atoms with Crippen LogP contribution in [0.3, 0.4) is 0 Å². The highest BCUT2D eigenvalue weighted by molar-refractivity contribution is 5.91. The second-order valence-electron chi connectivity index (χ2n) is 6.81. The minimum absolute atomic E-state index is 0.180. The Bertz CT molecular complexity index is 981. The largest absolute Gasteiger partial charge is 0.353 e. The van der Waals surface area contributed by atoms with E-state index in [0.29, 0.717) is 13.0 Å². The summed E-state index contributed by atoms with van der Waals surface area (Å²) in [6, 6.07) is 6.19. The highest BCUT2D eigenvalue weighted by Gasteiger charge is 2.21. The molecule has 1 N–H and O–H groups in total. The van der Waals surface area contributed by atoms with Crippen molar-refractivity contribution in [3.8, 4) is 0 Å². The van der Waals surface area contributed by atoms with Gasteiger partial charge in [-0.3, -0.25) is 14.4 Å². The smallest absolute Gasteiger partial charge is 0.225 e. The average Bonchev–Trinajstić information content (AvgIpc) is 3.10. The van der Waals surface area contributed by atoms with Gasteiger partial charge in [0.15, 0.2) is 5.65 Å². The summed E-state index contributed by atoms with van der Waals surface area (Å²) in [6.45, 7) is 3.93. The molecule has 3 heterocycles. The Balaban J connectivity index is 1.30. The molecule has 1 aliphatic rings. The van der Waals surface area contributed by atoms with Crippen LogP contribution in [0.25, 0.3) is 11.0 Å². The fourth-order valence-corrected chi connectivity index (χ4v) is 3.42. The molecule has 1 fully saturated rings. The number of carbonyl (C=O) groups is 1. The quantitative estimate of drug-likeness (QED) is 0.722. The molecular weight excluding hydrogens is 361 g/mol. The van der Waals surface area contributed by atoms with E-state index in [9.17, 15) is 9.18 Å². The Morgan fingerprint density at radius 3 is 2.75 bits per heavy atom. The first-order valence-electron chi connectivity index (χ1n) is 9.26. The van der Waals surface area contributed by atoms with Crippen molar-refractivity contribution in [2.75, 3.05) is 42.9 Å². The third-order valence-electron chi connectivity index (χ3n) is 4.98. The Morgan fingerprint density at radius 1 is 1.18 bits per heavy atom. The molecule has 146 valence electrons. The van der Waals surface area contributed by atoms with Gasteiger partial charge in [0.2, 0.25) is 5.91 Å². The number of fused-ring (bicyclic) bond motifs is 1. The first kappa shape index (κ1) is 18.3. The van der Waals surface area contributed by atoms with E-state index in [1.54, 1.807) is 35.4 Å². The third kappa shape index (κ3) is 3.79. The number of benzene rings is 1. The lowest BCUT2D eigenvalue weighted by Gasteiger charge is -2.35.